The Balaban J connectivity index is 1.30. The molecule has 1 N–H and O–H groups in total. The summed E-state index contributed by atoms with van der Waals surface area (Å²) in [6.07, 6.45) is 4.00. The van der Waals surface area contributed by atoms with Crippen molar-refractivity contribution in [3.8, 4) is 11.5 Å². The highest BCUT2D eigenvalue weighted by molar-refractivity contribution is 5.44. The first-order valence-electron chi connectivity index (χ1n) is 9.61. The Morgan fingerprint density at radius 2 is 1.96 bits per heavy atom. The minimum Gasteiger partial charge on any atom is -0.454 e. The second-order valence-electron chi connectivity index (χ2n) is 6.87. The van der Waals surface area contributed by atoms with Crippen LogP contribution in [0.2, 0.25) is 0 Å². The fourth-order valence-corrected chi connectivity index (χ4v) is 3.33. The summed E-state index contributed by atoms with van der Waals surface area (Å²) in [5.74, 6) is 3.19. The molecule has 0 saturated carbocycles. The predicted octanol–water partition coefficient (Wildman–Crippen LogP) is 2.13. The number of ether oxygens (including phenoxy) is 2. The van der Waals surface area contributed by atoms with Gasteiger partial charge in [-0.1, -0.05) is 19.4 Å². The van der Waals surface area contributed by atoms with Crippen LogP contribution in [0.25, 0.3) is 0 Å². The minimum atomic E-state index is 0.319. The van der Waals surface area contributed by atoms with Gasteiger partial charge in [-0.25, -0.2) is 0 Å². The molecule has 0 bridgehead atoms. The number of piperazine rings is 1. The molecular weight excluding hydrogens is 344 g/mol. The Morgan fingerprint density at radius 3 is 2.81 bits per heavy atom. The van der Waals surface area contributed by atoms with E-state index in [-0.39, 0.29) is 0 Å². The molecule has 3 heterocycles. The van der Waals surface area contributed by atoms with Crippen LogP contribution < -0.4 is 19.7 Å². The summed E-state index contributed by atoms with van der Waals surface area (Å²) in [4.78, 5) is 9.33. The lowest BCUT2D eigenvalue weighted by molar-refractivity contribution is 0.174. The zero-order valence-electron chi connectivity index (χ0n) is 15.7. The molecule has 0 atom stereocenters. The maximum Gasteiger partial charge on any atom is 0.244 e. The van der Waals surface area contributed by atoms with Gasteiger partial charge >= 0.3 is 0 Å². The van der Waals surface area contributed by atoms with Gasteiger partial charge in [0.15, 0.2) is 17.3 Å². The van der Waals surface area contributed by atoms with E-state index in [1.165, 1.54) is 5.56 Å². The Bertz CT molecular complexity index is 764. The number of anilines is 2. The van der Waals surface area contributed by atoms with Gasteiger partial charge in [0, 0.05) is 39.3 Å². The van der Waals surface area contributed by atoms with E-state index in [0.29, 0.717) is 12.7 Å². The number of hydrogen-bond acceptors (Lipinski definition) is 8. The van der Waals surface area contributed by atoms with Crippen molar-refractivity contribution in [2.75, 3.05) is 49.7 Å². The fourth-order valence-electron chi connectivity index (χ4n) is 3.33. The Hall–Kier alpha value is -2.61. The fraction of sp³-hybridized carbons (Fsp3) is 0.526. The quantitative estimate of drug-likeness (QED) is 0.743. The lowest BCUT2D eigenvalue weighted by atomic mass is 10.1. The summed E-state index contributed by atoms with van der Waals surface area (Å²) < 4.78 is 10.9. The van der Waals surface area contributed by atoms with Crippen LogP contribution in [0.4, 0.5) is 11.8 Å². The van der Waals surface area contributed by atoms with Crippen molar-refractivity contribution in [2.24, 2.45) is 0 Å². The lowest BCUT2D eigenvalue weighted by Gasteiger charge is -2.35. The molecule has 0 radical (unpaired) electrons. The van der Waals surface area contributed by atoms with E-state index >= 15 is 0 Å². The highest BCUT2D eigenvalue weighted by Gasteiger charge is 2.20. The second-order valence-corrected chi connectivity index (χ2v) is 6.87. The second kappa shape index (κ2) is 8.39. The Kier molecular flexibility index (Phi) is 5.53. The van der Waals surface area contributed by atoms with Crippen molar-refractivity contribution in [3.63, 3.8) is 0 Å². The standard InChI is InChI=1S/C19H26N6O2/c1-2-3-6-20-19-22-18(12-21-23-19)25-9-7-24(8-10-25)13-15-4-5-16-17(11-15)27-14-26-16/h4-5,11-12H,2-3,6-10,13-14H2,1H3,(H,20,22,23). The summed E-state index contributed by atoms with van der Waals surface area (Å²) in [6, 6.07) is 6.19. The van der Waals surface area contributed by atoms with Crippen molar-refractivity contribution >= 4 is 11.8 Å². The molecule has 0 unspecified atom stereocenters. The molecule has 4 rings (SSSR count). The summed E-state index contributed by atoms with van der Waals surface area (Å²) in [6.45, 7) is 8.10. The van der Waals surface area contributed by atoms with Crippen LogP contribution in [0, 0.1) is 0 Å². The van der Waals surface area contributed by atoms with Gasteiger partial charge in [-0.05, 0) is 24.1 Å². The monoisotopic (exact) mass is 370 g/mol. The minimum absolute atomic E-state index is 0.319. The number of rotatable bonds is 7. The molecule has 0 aliphatic carbocycles. The molecule has 1 fully saturated rings. The molecule has 0 amide bonds. The normalized spacial score (nSPS) is 16.6. The summed E-state index contributed by atoms with van der Waals surface area (Å²) >= 11 is 0. The number of aromatic nitrogens is 3. The molecule has 0 spiro atoms. The van der Waals surface area contributed by atoms with Crippen LogP contribution in [-0.2, 0) is 6.54 Å². The van der Waals surface area contributed by atoms with Gasteiger partial charge < -0.3 is 19.7 Å². The first-order chi connectivity index (χ1) is 13.3. The third kappa shape index (κ3) is 4.39. The molecule has 27 heavy (non-hydrogen) atoms. The molecular formula is C19H26N6O2. The van der Waals surface area contributed by atoms with Crippen LogP contribution >= 0.6 is 0 Å². The highest BCUT2D eigenvalue weighted by Crippen LogP contribution is 2.32. The van der Waals surface area contributed by atoms with E-state index in [4.69, 9.17) is 9.47 Å². The van der Waals surface area contributed by atoms with Crippen molar-refractivity contribution in [2.45, 2.75) is 26.3 Å². The van der Waals surface area contributed by atoms with Crippen LogP contribution in [0.1, 0.15) is 25.3 Å². The molecule has 8 nitrogen and oxygen atoms in total. The number of nitrogens with zero attached hydrogens (tertiary/aromatic N) is 5. The molecule has 1 aromatic carbocycles. The van der Waals surface area contributed by atoms with Crippen molar-refractivity contribution in [3.05, 3.63) is 30.0 Å². The number of unbranched alkanes of at least 4 members (excludes halogenated alkanes) is 1. The van der Waals surface area contributed by atoms with Gasteiger partial charge in [-0.15, -0.1) is 5.10 Å². The molecule has 8 heteroatoms. The van der Waals surface area contributed by atoms with Crippen molar-refractivity contribution in [1.82, 2.24) is 20.1 Å². The zero-order valence-corrected chi connectivity index (χ0v) is 15.7. The van der Waals surface area contributed by atoms with Gasteiger partial charge in [0.1, 0.15) is 0 Å². The smallest absolute Gasteiger partial charge is 0.244 e. The van der Waals surface area contributed by atoms with Gasteiger partial charge in [-0.2, -0.15) is 10.1 Å². The maximum absolute atomic E-state index is 5.47. The first-order valence-corrected chi connectivity index (χ1v) is 9.61. The van der Waals surface area contributed by atoms with Gasteiger partial charge in [0.2, 0.25) is 12.7 Å². The molecule has 1 saturated heterocycles. The molecule has 144 valence electrons. The van der Waals surface area contributed by atoms with E-state index in [1.807, 2.05) is 6.07 Å². The molecule has 2 aromatic rings. The average molecular weight is 370 g/mol. The summed E-state index contributed by atoms with van der Waals surface area (Å²) in [5, 5.41) is 11.4. The van der Waals surface area contributed by atoms with Gasteiger partial charge in [0.25, 0.3) is 0 Å². The van der Waals surface area contributed by atoms with Crippen LogP contribution in [0.3, 0.4) is 0 Å². The first kappa shape index (κ1) is 17.8. The van der Waals surface area contributed by atoms with E-state index in [0.717, 1.165) is 69.4 Å². The van der Waals surface area contributed by atoms with Gasteiger partial charge in [0.05, 0.1) is 6.20 Å². The van der Waals surface area contributed by atoms with Crippen molar-refractivity contribution in [1.29, 1.82) is 0 Å². The molecule has 2 aliphatic heterocycles. The Labute approximate surface area is 159 Å². The maximum atomic E-state index is 5.47. The van der Waals surface area contributed by atoms with Crippen LogP contribution in [-0.4, -0.2) is 59.6 Å². The number of benzene rings is 1. The molecule has 2 aliphatic rings. The zero-order chi connectivity index (χ0) is 18.5. The lowest BCUT2D eigenvalue weighted by Crippen LogP contribution is -2.46. The third-order valence-electron chi connectivity index (χ3n) is 4.90. The Morgan fingerprint density at radius 1 is 1.11 bits per heavy atom. The largest absolute Gasteiger partial charge is 0.454 e. The van der Waals surface area contributed by atoms with Crippen molar-refractivity contribution < 1.29 is 9.47 Å². The van der Waals surface area contributed by atoms with E-state index < -0.39 is 0 Å². The van der Waals surface area contributed by atoms with Gasteiger partial charge in [-0.3, -0.25) is 4.90 Å². The topological polar surface area (TPSA) is 75.6 Å². The van der Waals surface area contributed by atoms with E-state index in [2.05, 4.69) is 49.4 Å². The van der Waals surface area contributed by atoms with Crippen LogP contribution in [0.5, 0.6) is 11.5 Å². The number of nitrogens with one attached hydrogen (secondary N) is 1. The summed E-state index contributed by atoms with van der Waals surface area (Å²) in [5.41, 5.74) is 1.25. The number of fused-ring (bicyclic) bond motifs is 1. The van der Waals surface area contributed by atoms with E-state index in [1.54, 1.807) is 6.20 Å². The van der Waals surface area contributed by atoms with Crippen LogP contribution in [0.15, 0.2) is 24.4 Å². The highest BCUT2D eigenvalue weighted by atomic mass is 16.7. The molecule has 1 aromatic heterocycles. The predicted molar refractivity (Wildman–Crippen MR) is 103 cm³/mol. The third-order valence-corrected chi connectivity index (χ3v) is 4.90. The summed E-state index contributed by atoms with van der Waals surface area (Å²) in [7, 11) is 0. The van der Waals surface area contributed by atoms with E-state index in [9.17, 15) is 0 Å². The SMILES string of the molecule is CCCCNc1nncc(N2CCN(Cc3ccc4c(c3)OCO4)CC2)n1. The average Bonchev–Trinajstić information content (AvgIpc) is 3.17. The number of hydrogen-bond donors (Lipinski definition) is 1.